The number of carbonyl (C=O) groups is 3. The SMILES string of the molecule is CC(=O)c1nn(CC(=O)N2[C@H](C(=O)Nc3nc(Br)ccc3C)C[C@@]3(C)C[C@@H]23)c2c(C3CC3)nc(-c3cnc(C)nc3)cc12. The van der Waals surface area contributed by atoms with Crippen molar-refractivity contribution < 1.29 is 14.4 Å². The predicted octanol–water partition coefficient (Wildman–Crippen LogP) is 4.76. The summed E-state index contributed by atoms with van der Waals surface area (Å²) in [7, 11) is 0. The number of Topliss-reactive ketones (excluding diaryl/α,β-unsaturated/α-hetero) is 1. The maximum Gasteiger partial charge on any atom is 0.248 e. The third kappa shape index (κ3) is 4.91. The van der Waals surface area contributed by atoms with Crippen LogP contribution in [0.5, 0.6) is 0 Å². The summed E-state index contributed by atoms with van der Waals surface area (Å²) in [5.74, 6) is 0.693. The molecule has 0 spiro atoms. The molecule has 0 radical (unpaired) electrons. The van der Waals surface area contributed by atoms with Crippen molar-refractivity contribution in [2.75, 3.05) is 5.32 Å². The monoisotopic (exact) mass is 642 g/mol. The van der Waals surface area contributed by atoms with Crippen LogP contribution in [0.15, 0.2) is 35.2 Å². The first-order valence-corrected chi connectivity index (χ1v) is 15.3. The maximum absolute atomic E-state index is 14.1. The van der Waals surface area contributed by atoms with Crippen molar-refractivity contribution in [2.24, 2.45) is 5.41 Å². The van der Waals surface area contributed by atoms with Crippen molar-refractivity contribution in [1.29, 1.82) is 0 Å². The number of aryl methyl sites for hydroxylation is 2. The van der Waals surface area contributed by atoms with Crippen LogP contribution >= 0.6 is 15.9 Å². The van der Waals surface area contributed by atoms with E-state index in [-0.39, 0.29) is 41.5 Å². The highest BCUT2D eigenvalue weighted by atomic mass is 79.9. The second kappa shape index (κ2) is 10.0. The van der Waals surface area contributed by atoms with E-state index in [0.29, 0.717) is 45.0 Å². The van der Waals surface area contributed by atoms with Crippen molar-refractivity contribution in [3.8, 4) is 11.3 Å². The van der Waals surface area contributed by atoms with E-state index < -0.39 is 6.04 Å². The van der Waals surface area contributed by atoms with E-state index in [1.165, 1.54) is 6.92 Å². The molecular formula is C31H31BrN8O3. The summed E-state index contributed by atoms with van der Waals surface area (Å²) in [6.45, 7) is 7.21. The molecule has 220 valence electrons. The minimum absolute atomic E-state index is 0.0180. The molecule has 2 saturated carbocycles. The number of amides is 2. The number of rotatable bonds is 7. The molecule has 4 aromatic rings. The Morgan fingerprint density at radius 1 is 1.09 bits per heavy atom. The number of ketones is 1. The topological polar surface area (TPSA) is 136 Å². The minimum Gasteiger partial charge on any atom is -0.325 e. The van der Waals surface area contributed by atoms with Crippen LogP contribution < -0.4 is 5.32 Å². The molecule has 3 aliphatic rings. The van der Waals surface area contributed by atoms with Gasteiger partial charge in [-0.1, -0.05) is 13.0 Å². The molecule has 3 atom stereocenters. The number of fused-ring (bicyclic) bond motifs is 2. The van der Waals surface area contributed by atoms with E-state index in [1.54, 1.807) is 22.0 Å². The van der Waals surface area contributed by atoms with Crippen molar-refractivity contribution in [3.63, 3.8) is 0 Å². The fraction of sp³-hybridized carbons (Fsp3) is 0.419. The van der Waals surface area contributed by atoms with Gasteiger partial charge in [0.1, 0.15) is 34.5 Å². The van der Waals surface area contributed by atoms with Crippen LogP contribution in [0.25, 0.3) is 22.2 Å². The first-order chi connectivity index (χ1) is 20.5. The van der Waals surface area contributed by atoms with E-state index in [0.717, 1.165) is 36.1 Å². The number of anilines is 1. The number of piperidine rings is 1. The summed E-state index contributed by atoms with van der Waals surface area (Å²) in [5, 5.41) is 8.28. The Morgan fingerprint density at radius 2 is 1.84 bits per heavy atom. The highest BCUT2D eigenvalue weighted by molar-refractivity contribution is 9.10. The Morgan fingerprint density at radius 3 is 2.53 bits per heavy atom. The van der Waals surface area contributed by atoms with Crippen LogP contribution in [0.4, 0.5) is 5.82 Å². The summed E-state index contributed by atoms with van der Waals surface area (Å²) in [6, 6.07) is 4.90. The first kappa shape index (κ1) is 27.8. The third-order valence-corrected chi connectivity index (χ3v) is 9.39. The molecule has 1 aliphatic heterocycles. The van der Waals surface area contributed by atoms with Gasteiger partial charge in [-0.05, 0) is 78.6 Å². The summed E-state index contributed by atoms with van der Waals surface area (Å²) < 4.78 is 2.24. The number of hydrogen-bond acceptors (Lipinski definition) is 8. The first-order valence-electron chi connectivity index (χ1n) is 14.5. The molecule has 1 N–H and O–H groups in total. The van der Waals surface area contributed by atoms with Crippen LogP contribution in [0.2, 0.25) is 0 Å². The van der Waals surface area contributed by atoms with Crippen molar-refractivity contribution in [2.45, 2.75) is 77.9 Å². The number of carbonyl (C=O) groups excluding carboxylic acids is 3. The van der Waals surface area contributed by atoms with Gasteiger partial charge < -0.3 is 10.2 Å². The van der Waals surface area contributed by atoms with Gasteiger partial charge in [0.25, 0.3) is 0 Å². The summed E-state index contributed by atoms with van der Waals surface area (Å²) in [4.78, 5) is 60.2. The molecule has 4 aromatic heterocycles. The van der Waals surface area contributed by atoms with Gasteiger partial charge in [-0.2, -0.15) is 5.10 Å². The molecule has 7 rings (SSSR count). The molecule has 12 heteroatoms. The molecule has 3 fully saturated rings. The second-order valence-electron chi connectivity index (χ2n) is 12.3. The van der Waals surface area contributed by atoms with Crippen molar-refractivity contribution >= 4 is 50.2 Å². The molecule has 43 heavy (non-hydrogen) atoms. The van der Waals surface area contributed by atoms with Crippen LogP contribution in [0.1, 0.15) is 73.0 Å². The van der Waals surface area contributed by atoms with E-state index in [1.807, 2.05) is 32.0 Å². The molecule has 2 aliphatic carbocycles. The number of halogens is 1. The highest BCUT2D eigenvalue weighted by Gasteiger charge is 2.64. The highest BCUT2D eigenvalue weighted by Crippen LogP contribution is 2.59. The number of likely N-dealkylation sites (tertiary alicyclic amines) is 1. The fourth-order valence-electron chi connectivity index (χ4n) is 6.32. The van der Waals surface area contributed by atoms with Gasteiger partial charge in [-0.3, -0.25) is 24.0 Å². The zero-order chi connectivity index (χ0) is 30.2. The van der Waals surface area contributed by atoms with Crippen molar-refractivity contribution in [1.82, 2.24) is 34.6 Å². The second-order valence-corrected chi connectivity index (χ2v) is 13.1. The smallest absolute Gasteiger partial charge is 0.248 e. The van der Waals surface area contributed by atoms with Crippen LogP contribution in [-0.4, -0.2) is 64.3 Å². The van der Waals surface area contributed by atoms with Gasteiger partial charge >= 0.3 is 0 Å². The quantitative estimate of drug-likeness (QED) is 0.225. The maximum atomic E-state index is 14.1. The average Bonchev–Trinajstić information content (AvgIpc) is 3.87. The van der Waals surface area contributed by atoms with E-state index in [4.69, 9.17) is 4.98 Å². The molecule has 0 aromatic carbocycles. The lowest BCUT2D eigenvalue weighted by atomic mass is 10.0. The van der Waals surface area contributed by atoms with Gasteiger partial charge in [0, 0.05) is 42.2 Å². The zero-order valence-corrected chi connectivity index (χ0v) is 26.0. The molecule has 5 heterocycles. The Hall–Kier alpha value is -4.06. The summed E-state index contributed by atoms with van der Waals surface area (Å²) in [5.41, 5.74) is 3.98. The number of nitrogens with one attached hydrogen (secondary N) is 1. The van der Waals surface area contributed by atoms with E-state index in [9.17, 15) is 14.4 Å². The molecule has 1 saturated heterocycles. The van der Waals surface area contributed by atoms with E-state index in [2.05, 4.69) is 48.2 Å². The third-order valence-electron chi connectivity index (χ3n) is 8.94. The van der Waals surface area contributed by atoms with Crippen LogP contribution in [0, 0.1) is 19.3 Å². The Balaban J connectivity index is 1.24. The number of hydrogen-bond donors (Lipinski definition) is 1. The summed E-state index contributed by atoms with van der Waals surface area (Å²) >= 11 is 3.37. The molecule has 0 bridgehead atoms. The molecule has 2 amide bonds. The van der Waals surface area contributed by atoms with E-state index >= 15 is 0 Å². The zero-order valence-electron chi connectivity index (χ0n) is 24.4. The average molecular weight is 644 g/mol. The van der Waals surface area contributed by atoms with Gasteiger partial charge in [0.2, 0.25) is 11.8 Å². The normalized spacial score (nSPS) is 22.5. The van der Waals surface area contributed by atoms with Crippen LogP contribution in [-0.2, 0) is 16.1 Å². The lowest BCUT2D eigenvalue weighted by molar-refractivity contribution is -0.138. The van der Waals surface area contributed by atoms with Gasteiger partial charge in [-0.15, -0.1) is 0 Å². The lowest BCUT2D eigenvalue weighted by Crippen LogP contribution is -2.47. The molecule has 11 nitrogen and oxygen atoms in total. The Labute approximate surface area is 256 Å². The van der Waals surface area contributed by atoms with Gasteiger partial charge in [0.05, 0.1) is 16.9 Å². The van der Waals surface area contributed by atoms with Crippen LogP contribution in [0.3, 0.4) is 0 Å². The Bertz CT molecular complexity index is 1830. The number of pyridine rings is 2. The number of nitrogens with zero attached hydrogens (tertiary/aromatic N) is 7. The fourth-order valence-corrected chi connectivity index (χ4v) is 6.63. The lowest BCUT2D eigenvalue weighted by Gasteiger charge is -2.27. The molecule has 0 unspecified atom stereocenters. The van der Waals surface area contributed by atoms with Gasteiger partial charge in [0.15, 0.2) is 5.78 Å². The predicted molar refractivity (Wildman–Crippen MR) is 162 cm³/mol. The Kier molecular flexibility index (Phi) is 6.46. The number of aromatic nitrogens is 6. The largest absolute Gasteiger partial charge is 0.325 e. The van der Waals surface area contributed by atoms with Crippen molar-refractivity contribution in [3.05, 3.63) is 58.0 Å². The minimum atomic E-state index is -0.625. The van der Waals surface area contributed by atoms with Gasteiger partial charge in [-0.25, -0.2) is 15.0 Å². The molecular weight excluding hydrogens is 612 g/mol. The standard InChI is InChI=1S/C31H31BrN8O3/c1-15-5-8-24(32)36-29(15)37-30(43)22-10-31(4)11-23(31)40(22)25(42)14-39-28-20(26(38-39)16(2)41)9-21(35-27(28)18-6-7-18)19-12-33-17(3)34-13-19/h5,8-9,12-13,18,22-23H,6-7,10-11,14H2,1-4H3,(H,36,37,43)/t22-,23+,31-/m0/s1. The summed E-state index contributed by atoms with van der Waals surface area (Å²) in [6.07, 6.45) is 6.84.